The Bertz CT molecular complexity index is 620. The third kappa shape index (κ3) is 7.98. The van der Waals surface area contributed by atoms with Crippen LogP contribution in [0.15, 0.2) is 18.2 Å². The highest BCUT2D eigenvalue weighted by Gasteiger charge is 2.15. The first-order chi connectivity index (χ1) is 11.8. The molecule has 0 saturated carbocycles. The second-order valence-electron chi connectivity index (χ2n) is 5.95. The predicted octanol–water partition coefficient (Wildman–Crippen LogP) is 2.67. The number of unbranched alkanes of at least 4 members (excludes halogenated alkanes) is 2. The van der Waals surface area contributed by atoms with Gasteiger partial charge < -0.3 is 10.1 Å². The largest absolute Gasteiger partial charge is 0.481 e. The molecular formula is C18H27N3O3S. The van der Waals surface area contributed by atoms with Crippen LogP contribution in [-0.4, -0.2) is 23.0 Å². The molecule has 1 unspecified atom stereocenters. The maximum Gasteiger partial charge on any atom is 0.279 e. The topological polar surface area (TPSA) is 79.5 Å². The van der Waals surface area contributed by atoms with E-state index in [4.69, 9.17) is 17.0 Å². The molecule has 3 N–H and O–H groups in total. The molecule has 0 aliphatic rings. The molecule has 2 amide bonds. The van der Waals surface area contributed by atoms with Gasteiger partial charge in [0.15, 0.2) is 11.2 Å². The molecule has 0 aliphatic carbocycles. The van der Waals surface area contributed by atoms with Crippen LogP contribution in [0.2, 0.25) is 0 Å². The molecule has 0 aliphatic heterocycles. The number of hydrogen-bond donors (Lipinski definition) is 3. The van der Waals surface area contributed by atoms with Crippen molar-refractivity contribution < 1.29 is 14.3 Å². The highest BCUT2D eigenvalue weighted by Crippen LogP contribution is 2.17. The summed E-state index contributed by atoms with van der Waals surface area (Å²) in [5, 5.41) is 2.59. The van der Waals surface area contributed by atoms with E-state index < -0.39 is 6.10 Å². The fourth-order valence-corrected chi connectivity index (χ4v) is 2.19. The number of carbonyl (C=O) groups is 2. The Morgan fingerprint density at radius 2 is 1.88 bits per heavy atom. The molecule has 1 aromatic rings. The fourth-order valence-electron chi connectivity index (χ4n) is 2.02. The van der Waals surface area contributed by atoms with Crippen molar-refractivity contribution in [3.63, 3.8) is 0 Å². The maximum atomic E-state index is 12.0. The van der Waals surface area contributed by atoms with Crippen molar-refractivity contribution in [2.24, 2.45) is 0 Å². The normalized spacial score (nSPS) is 11.4. The number of hydrogen-bond acceptors (Lipinski definition) is 4. The van der Waals surface area contributed by atoms with Gasteiger partial charge in [0.05, 0.1) is 0 Å². The molecule has 0 aromatic heterocycles. The number of hydrazine groups is 1. The zero-order chi connectivity index (χ0) is 18.8. The van der Waals surface area contributed by atoms with Gasteiger partial charge in [-0.2, -0.15) is 0 Å². The summed E-state index contributed by atoms with van der Waals surface area (Å²) >= 11 is 4.98. The Kier molecular flexibility index (Phi) is 8.91. The lowest BCUT2D eigenvalue weighted by Crippen LogP contribution is -2.51. The smallest absolute Gasteiger partial charge is 0.279 e. The lowest BCUT2D eigenvalue weighted by Gasteiger charge is -2.16. The molecule has 1 aromatic carbocycles. The van der Waals surface area contributed by atoms with E-state index in [2.05, 4.69) is 23.1 Å². The van der Waals surface area contributed by atoms with Gasteiger partial charge in [-0.25, -0.2) is 0 Å². The first-order valence-electron chi connectivity index (χ1n) is 8.47. The number of thiocarbonyl (C=S) groups is 1. The van der Waals surface area contributed by atoms with E-state index in [9.17, 15) is 9.59 Å². The van der Waals surface area contributed by atoms with E-state index in [0.717, 1.165) is 30.4 Å². The number of benzene rings is 1. The van der Waals surface area contributed by atoms with Crippen LogP contribution < -0.4 is 20.9 Å². The molecule has 1 atom stereocenters. The summed E-state index contributed by atoms with van der Waals surface area (Å²) in [5.74, 6) is 0.0676. The molecule has 25 heavy (non-hydrogen) atoms. The molecule has 0 bridgehead atoms. The molecular weight excluding hydrogens is 338 g/mol. The van der Waals surface area contributed by atoms with Gasteiger partial charge in [0.2, 0.25) is 5.91 Å². The van der Waals surface area contributed by atoms with Crippen LogP contribution in [0.5, 0.6) is 5.75 Å². The van der Waals surface area contributed by atoms with Gasteiger partial charge in [0, 0.05) is 6.42 Å². The Hall–Kier alpha value is -2.15. The van der Waals surface area contributed by atoms with Gasteiger partial charge in [0.25, 0.3) is 5.91 Å². The monoisotopic (exact) mass is 365 g/mol. The highest BCUT2D eigenvalue weighted by atomic mass is 32.1. The van der Waals surface area contributed by atoms with Crippen LogP contribution in [0.4, 0.5) is 0 Å². The number of ether oxygens (including phenoxy) is 1. The minimum atomic E-state index is -0.710. The standard InChI is InChI=1S/C18H27N3O3S/c1-5-6-7-8-16(22)19-18(25)21-20-17(23)14(4)24-15-10-9-12(2)13(3)11-15/h9-11,14H,5-8H2,1-4H3,(H,20,23)(H2,19,21,22,25). The number of carbonyl (C=O) groups excluding carboxylic acids is 2. The van der Waals surface area contributed by atoms with Gasteiger partial charge >= 0.3 is 0 Å². The van der Waals surface area contributed by atoms with Crippen LogP contribution in [-0.2, 0) is 9.59 Å². The lowest BCUT2D eigenvalue weighted by molar-refractivity contribution is -0.128. The molecule has 7 heteroatoms. The van der Waals surface area contributed by atoms with E-state index in [-0.39, 0.29) is 16.9 Å². The minimum absolute atomic E-state index is 0.0632. The molecule has 0 fully saturated rings. The summed E-state index contributed by atoms with van der Waals surface area (Å²) in [6, 6.07) is 5.64. The molecule has 1 rings (SSSR count). The molecule has 0 saturated heterocycles. The van der Waals surface area contributed by atoms with E-state index in [1.807, 2.05) is 32.0 Å². The zero-order valence-electron chi connectivity index (χ0n) is 15.3. The summed E-state index contributed by atoms with van der Waals surface area (Å²) in [5.41, 5.74) is 7.19. The first kappa shape index (κ1) is 20.9. The van der Waals surface area contributed by atoms with Gasteiger partial charge in [-0.1, -0.05) is 25.8 Å². The number of aryl methyl sites for hydroxylation is 2. The van der Waals surface area contributed by atoms with Crippen molar-refractivity contribution in [1.29, 1.82) is 0 Å². The van der Waals surface area contributed by atoms with Crippen molar-refractivity contribution in [2.75, 3.05) is 0 Å². The van der Waals surface area contributed by atoms with Gasteiger partial charge in [-0.05, 0) is 62.7 Å². The highest BCUT2D eigenvalue weighted by molar-refractivity contribution is 7.80. The Balaban J connectivity index is 2.36. The van der Waals surface area contributed by atoms with Crippen LogP contribution in [0.1, 0.15) is 50.7 Å². The summed E-state index contributed by atoms with van der Waals surface area (Å²) in [6.45, 7) is 7.70. The van der Waals surface area contributed by atoms with Crippen molar-refractivity contribution in [2.45, 2.75) is 59.5 Å². The van der Waals surface area contributed by atoms with E-state index in [1.54, 1.807) is 6.92 Å². The second-order valence-corrected chi connectivity index (χ2v) is 6.36. The minimum Gasteiger partial charge on any atom is -0.481 e. The summed E-state index contributed by atoms with van der Waals surface area (Å²) in [6.07, 6.45) is 2.56. The number of rotatable bonds is 7. The Morgan fingerprint density at radius 1 is 1.16 bits per heavy atom. The van der Waals surface area contributed by atoms with E-state index in [1.165, 1.54) is 0 Å². The zero-order valence-corrected chi connectivity index (χ0v) is 16.1. The van der Waals surface area contributed by atoms with Crippen molar-refractivity contribution >= 4 is 29.1 Å². The average molecular weight is 365 g/mol. The molecule has 138 valence electrons. The second kappa shape index (κ2) is 10.7. The Morgan fingerprint density at radius 3 is 2.52 bits per heavy atom. The van der Waals surface area contributed by atoms with Gasteiger partial charge in [-0.15, -0.1) is 0 Å². The average Bonchev–Trinajstić information content (AvgIpc) is 2.56. The SMILES string of the molecule is CCCCCC(=O)NC(=S)NNC(=O)C(C)Oc1ccc(C)c(C)c1. The van der Waals surface area contributed by atoms with Crippen LogP contribution in [0, 0.1) is 13.8 Å². The molecule has 6 nitrogen and oxygen atoms in total. The lowest BCUT2D eigenvalue weighted by atomic mass is 10.1. The van der Waals surface area contributed by atoms with Crippen LogP contribution in [0.25, 0.3) is 0 Å². The number of amides is 2. The van der Waals surface area contributed by atoms with Crippen molar-refractivity contribution in [3.8, 4) is 5.75 Å². The summed E-state index contributed by atoms with van der Waals surface area (Å²) in [4.78, 5) is 23.7. The van der Waals surface area contributed by atoms with Crippen LogP contribution in [0.3, 0.4) is 0 Å². The van der Waals surface area contributed by atoms with Crippen molar-refractivity contribution in [1.82, 2.24) is 16.2 Å². The molecule has 0 spiro atoms. The number of nitrogens with one attached hydrogen (secondary N) is 3. The third-order valence-electron chi connectivity index (χ3n) is 3.72. The fraction of sp³-hybridized carbons (Fsp3) is 0.500. The quantitative estimate of drug-likeness (QED) is 0.393. The maximum absolute atomic E-state index is 12.0. The van der Waals surface area contributed by atoms with E-state index in [0.29, 0.717) is 12.2 Å². The summed E-state index contributed by atoms with van der Waals surface area (Å²) in [7, 11) is 0. The summed E-state index contributed by atoms with van der Waals surface area (Å²) < 4.78 is 5.61. The van der Waals surface area contributed by atoms with E-state index >= 15 is 0 Å². The predicted molar refractivity (Wildman–Crippen MR) is 102 cm³/mol. The molecule has 0 radical (unpaired) electrons. The third-order valence-corrected chi connectivity index (χ3v) is 3.92. The first-order valence-corrected chi connectivity index (χ1v) is 8.88. The van der Waals surface area contributed by atoms with Crippen LogP contribution >= 0.6 is 12.2 Å². The van der Waals surface area contributed by atoms with Gasteiger partial charge in [-0.3, -0.25) is 20.4 Å². The van der Waals surface area contributed by atoms with Gasteiger partial charge in [0.1, 0.15) is 5.75 Å². The van der Waals surface area contributed by atoms with Crippen molar-refractivity contribution in [3.05, 3.63) is 29.3 Å². The Labute approximate surface area is 154 Å². The molecule has 0 heterocycles.